The summed E-state index contributed by atoms with van der Waals surface area (Å²) in [4.78, 5) is 11.2. The molecule has 4 nitrogen and oxygen atoms in total. The molecule has 0 amide bonds. The Labute approximate surface area is 93.9 Å². The summed E-state index contributed by atoms with van der Waals surface area (Å²) >= 11 is 0. The van der Waals surface area contributed by atoms with Crippen LogP contribution in [0.15, 0.2) is 24.3 Å². The Morgan fingerprint density at radius 3 is 2.31 bits per heavy atom. The van der Waals surface area contributed by atoms with Crippen LogP contribution in [-0.2, 0) is 0 Å². The second kappa shape index (κ2) is 3.89. The topological polar surface area (TPSA) is 47.8 Å². The third-order valence-electron chi connectivity index (χ3n) is 2.51. The number of ketones is 1. The number of aryl methyl sites for hydroxylation is 1. The van der Waals surface area contributed by atoms with E-state index in [1.807, 2.05) is 38.1 Å². The van der Waals surface area contributed by atoms with Gasteiger partial charge >= 0.3 is 0 Å². The molecule has 0 radical (unpaired) electrons. The first kappa shape index (κ1) is 10.5. The average molecular weight is 215 g/mol. The number of rotatable bonds is 2. The Bertz CT molecular complexity index is 526. The molecule has 1 heterocycles. The van der Waals surface area contributed by atoms with Gasteiger partial charge in [0.2, 0.25) is 0 Å². The van der Waals surface area contributed by atoms with Gasteiger partial charge in [0.1, 0.15) is 0 Å². The fourth-order valence-corrected chi connectivity index (χ4v) is 1.59. The third-order valence-corrected chi connectivity index (χ3v) is 2.51. The first-order valence-electron chi connectivity index (χ1n) is 5.10. The highest BCUT2D eigenvalue weighted by molar-refractivity contribution is 5.93. The van der Waals surface area contributed by atoms with Gasteiger partial charge in [-0.05, 0) is 26.0 Å². The maximum Gasteiger partial charge on any atom is 0.181 e. The van der Waals surface area contributed by atoms with Gasteiger partial charge in [-0.3, -0.25) is 4.79 Å². The van der Waals surface area contributed by atoms with Gasteiger partial charge in [0, 0.05) is 6.92 Å². The summed E-state index contributed by atoms with van der Waals surface area (Å²) in [5.74, 6) is -0.0594. The predicted molar refractivity (Wildman–Crippen MR) is 60.8 cm³/mol. The lowest BCUT2D eigenvalue weighted by atomic mass is 10.2. The van der Waals surface area contributed by atoms with Crippen LogP contribution in [0.1, 0.15) is 28.7 Å². The molecule has 0 fully saturated rings. The van der Waals surface area contributed by atoms with Gasteiger partial charge in [-0.2, -0.15) is 0 Å². The summed E-state index contributed by atoms with van der Waals surface area (Å²) < 4.78 is 1.68. The van der Waals surface area contributed by atoms with Crippen molar-refractivity contribution in [3.8, 4) is 5.69 Å². The fraction of sp³-hybridized carbons (Fsp3) is 0.250. The van der Waals surface area contributed by atoms with Crippen molar-refractivity contribution in [1.29, 1.82) is 0 Å². The van der Waals surface area contributed by atoms with E-state index in [1.54, 1.807) is 4.68 Å². The first-order chi connectivity index (χ1) is 7.59. The molecule has 1 aromatic heterocycles. The van der Waals surface area contributed by atoms with Crippen LogP contribution in [0.3, 0.4) is 0 Å². The predicted octanol–water partition coefficient (Wildman–Crippen LogP) is 2.09. The zero-order valence-corrected chi connectivity index (χ0v) is 9.56. The van der Waals surface area contributed by atoms with Crippen LogP contribution in [0.5, 0.6) is 0 Å². The maximum atomic E-state index is 11.2. The molecular formula is C12H13N3O. The highest BCUT2D eigenvalue weighted by Gasteiger charge is 2.13. The minimum absolute atomic E-state index is 0.0594. The number of Topliss-reactive ketones (excluding diaryl/α,β-unsaturated/α-hetero) is 1. The highest BCUT2D eigenvalue weighted by Crippen LogP contribution is 2.13. The number of hydrogen-bond donors (Lipinski definition) is 0. The summed E-state index contributed by atoms with van der Waals surface area (Å²) in [6, 6.07) is 7.93. The van der Waals surface area contributed by atoms with E-state index in [1.165, 1.54) is 12.5 Å². The molecule has 0 unspecified atom stereocenters. The second-order valence-electron chi connectivity index (χ2n) is 3.83. The second-order valence-corrected chi connectivity index (χ2v) is 3.83. The van der Waals surface area contributed by atoms with Crippen LogP contribution in [0.4, 0.5) is 0 Å². The number of benzene rings is 1. The Morgan fingerprint density at radius 1 is 1.19 bits per heavy atom. The van der Waals surface area contributed by atoms with E-state index in [0.717, 1.165) is 11.4 Å². The Balaban J connectivity index is 2.49. The van der Waals surface area contributed by atoms with Crippen LogP contribution in [0.2, 0.25) is 0 Å². The SMILES string of the molecule is CC(=O)c1nnn(-c2ccc(C)cc2)c1C. The van der Waals surface area contributed by atoms with Gasteiger partial charge < -0.3 is 0 Å². The van der Waals surface area contributed by atoms with Gasteiger partial charge in [-0.15, -0.1) is 5.10 Å². The first-order valence-corrected chi connectivity index (χ1v) is 5.10. The molecule has 2 rings (SSSR count). The van der Waals surface area contributed by atoms with Crippen molar-refractivity contribution in [1.82, 2.24) is 15.0 Å². The monoisotopic (exact) mass is 215 g/mol. The zero-order chi connectivity index (χ0) is 11.7. The molecule has 0 bridgehead atoms. The largest absolute Gasteiger partial charge is 0.293 e. The van der Waals surface area contributed by atoms with Gasteiger partial charge in [0.05, 0.1) is 11.4 Å². The van der Waals surface area contributed by atoms with Gasteiger partial charge in [-0.1, -0.05) is 22.9 Å². The quantitative estimate of drug-likeness (QED) is 0.721. The molecule has 4 heteroatoms. The van der Waals surface area contributed by atoms with E-state index in [9.17, 15) is 4.79 Å². The van der Waals surface area contributed by atoms with Crippen molar-refractivity contribution < 1.29 is 4.79 Å². The van der Waals surface area contributed by atoms with Gasteiger partial charge in [0.15, 0.2) is 11.5 Å². The Hall–Kier alpha value is -1.97. The van der Waals surface area contributed by atoms with Crippen LogP contribution < -0.4 is 0 Å². The molecule has 0 N–H and O–H groups in total. The molecule has 2 aromatic rings. The van der Waals surface area contributed by atoms with Crippen molar-refractivity contribution in [2.24, 2.45) is 0 Å². The number of carbonyl (C=O) groups is 1. The average Bonchev–Trinajstić information content (AvgIpc) is 2.61. The van der Waals surface area contributed by atoms with Crippen LogP contribution in [-0.4, -0.2) is 20.8 Å². The van der Waals surface area contributed by atoms with Crippen LogP contribution in [0, 0.1) is 13.8 Å². The van der Waals surface area contributed by atoms with Gasteiger partial charge in [0.25, 0.3) is 0 Å². The lowest BCUT2D eigenvalue weighted by Gasteiger charge is -2.03. The molecule has 82 valence electrons. The molecule has 0 aliphatic heterocycles. The summed E-state index contributed by atoms with van der Waals surface area (Å²) in [5.41, 5.74) is 3.31. The lowest BCUT2D eigenvalue weighted by Crippen LogP contribution is -2.01. The standard InChI is InChI=1S/C12H13N3O/c1-8-4-6-11(7-5-8)15-9(2)12(10(3)16)13-14-15/h4-7H,1-3H3. The molecule has 0 aliphatic carbocycles. The third kappa shape index (κ3) is 1.74. The number of hydrogen-bond acceptors (Lipinski definition) is 3. The minimum Gasteiger partial charge on any atom is -0.293 e. The molecule has 0 saturated carbocycles. The van der Waals surface area contributed by atoms with E-state index >= 15 is 0 Å². The normalized spacial score (nSPS) is 10.4. The summed E-state index contributed by atoms with van der Waals surface area (Å²) in [7, 11) is 0. The Morgan fingerprint density at radius 2 is 1.81 bits per heavy atom. The molecule has 0 aliphatic rings. The zero-order valence-electron chi connectivity index (χ0n) is 9.56. The molecular weight excluding hydrogens is 202 g/mol. The van der Waals surface area contributed by atoms with Crippen molar-refractivity contribution in [2.45, 2.75) is 20.8 Å². The molecule has 1 aromatic carbocycles. The smallest absolute Gasteiger partial charge is 0.181 e. The maximum absolute atomic E-state index is 11.2. The summed E-state index contributed by atoms with van der Waals surface area (Å²) in [6.07, 6.45) is 0. The summed E-state index contributed by atoms with van der Waals surface area (Å²) in [6.45, 7) is 5.37. The highest BCUT2D eigenvalue weighted by atomic mass is 16.1. The fourth-order valence-electron chi connectivity index (χ4n) is 1.59. The van der Waals surface area contributed by atoms with Crippen molar-refractivity contribution >= 4 is 5.78 Å². The molecule has 0 spiro atoms. The van der Waals surface area contributed by atoms with E-state index in [0.29, 0.717) is 5.69 Å². The molecule has 0 saturated heterocycles. The van der Waals surface area contributed by atoms with Crippen molar-refractivity contribution in [3.63, 3.8) is 0 Å². The van der Waals surface area contributed by atoms with E-state index in [4.69, 9.17) is 0 Å². The van der Waals surface area contributed by atoms with Crippen molar-refractivity contribution in [3.05, 3.63) is 41.2 Å². The van der Waals surface area contributed by atoms with Crippen molar-refractivity contribution in [2.75, 3.05) is 0 Å². The van der Waals surface area contributed by atoms with E-state index in [2.05, 4.69) is 10.3 Å². The number of carbonyl (C=O) groups excluding carboxylic acids is 1. The van der Waals surface area contributed by atoms with Crippen LogP contribution >= 0.6 is 0 Å². The number of aromatic nitrogens is 3. The van der Waals surface area contributed by atoms with E-state index in [-0.39, 0.29) is 5.78 Å². The van der Waals surface area contributed by atoms with E-state index < -0.39 is 0 Å². The lowest BCUT2D eigenvalue weighted by molar-refractivity contribution is 0.101. The van der Waals surface area contributed by atoms with Crippen LogP contribution in [0.25, 0.3) is 5.69 Å². The molecule has 0 atom stereocenters. The van der Waals surface area contributed by atoms with Gasteiger partial charge in [-0.25, -0.2) is 4.68 Å². The number of nitrogens with zero attached hydrogens (tertiary/aromatic N) is 3. The summed E-state index contributed by atoms with van der Waals surface area (Å²) in [5, 5.41) is 7.86. The minimum atomic E-state index is -0.0594. The Kier molecular flexibility index (Phi) is 2.56. The molecule has 16 heavy (non-hydrogen) atoms.